The Morgan fingerprint density at radius 1 is 1.22 bits per heavy atom. The summed E-state index contributed by atoms with van der Waals surface area (Å²) in [5, 5.41) is 5.34. The van der Waals surface area contributed by atoms with Crippen LogP contribution in [0, 0.1) is 0 Å². The molecular weight excluding hydrogens is 309 g/mol. The normalized spacial score (nSPS) is 11.4. The number of nitrogens with one attached hydrogen (secondary N) is 2. The zero-order valence-corrected chi connectivity index (χ0v) is 12.5. The molecule has 1 aromatic carbocycles. The van der Waals surface area contributed by atoms with E-state index in [4.69, 9.17) is 0 Å². The molecule has 0 spiro atoms. The van der Waals surface area contributed by atoms with Crippen LogP contribution < -0.4 is 10.6 Å². The highest BCUT2D eigenvalue weighted by molar-refractivity contribution is 5.92. The molecule has 5 nitrogen and oxygen atoms in total. The molecule has 8 heteroatoms. The van der Waals surface area contributed by atoms with Crippen LogP contribution in [0.2, 0.25) is 0 Å². The minimum absolute atomic E-state index is 0.0423. The topological polar surface area (TPSA) is 66.9 Å². The number of anilines is 2. The van der Waals surface area contributed by atoms with Gasteiger partial charge in [0, 0.05) is 17.9 Å². The average Bonchev–Trinajstić information content (AvgIpc) is 2.46. The maximum Gasteiger partial charge on any atom is 0.416 e. The maximum absolute atomic E-state index is 12.7. The van der Waals surface area contributed by atoms with Crippen LogP contribution in [-0.4, -0.2) is 21.9 Å². The van der Waals surface area contributed by atoms with Gasteiger partial charge in [-0.1, -0.05) is 6.07 Å². The molecule has 0 aliphatic heterocycles. The van der Waals surface area contributed by atoms with E-state index in [9.17, 15) is 18.0 Å². The summed E-state index contributed by atoms with van der Waals surface area (Å²) in [6.45, 7) is 3.61. The summed E-state index contributed by atoms with van der Waals surface area (Å²) in [5.74, 6) is -0.338. The quantitative estimate of drug-likeness (QED) is 0.905. The van der Waals surface area contributed by atoms with Gasteiger partial charge in [-0.25, -0.2) is 9.97 Å². The summed E-state index contributed by atoms with van der Waals surface area (Å²) < 4.78 is 38.1. The Hall–Kier alpha value is -2.64. The molecule has 0 aliphatic carbocycles. The molecule has 0 saturated heterocycles. The zero-order chi connectivity index (χ0) is 17.0. The summed E-state index contributed by atoms with van der Waals surface area (Å²) in [7, 11) is 0. The third kappa shape index (κ3) is 4.67. The second-order valence-electron chi connectivity index (χ2n) is 5.10. The predicted molar refractivity (Wildman–Crippen MR) is 79.4 cm³/mol. The van der Waals surface area contributed by atoms with Crippen molar-refractivity contribution in [2.75, 3.05) is 5.32 Å². The van der Waals surface area contributed by atoms with E-state index in [1.165, 1.54) is 24.4 Å². The Labute approximate surface area is 131 Å². The summed E-state index contributed by atoms with van der Waals surface area (Å²) in [6, 6.07) is 6.02. The van der Waals surface area contributed by atoms with Crippen LogP contribution >= 0.6 is 0 Å². The SMILES string of the molecule is CC(C)NC(=O)c1ccnc(Nc2cccc(C(F)(F)F)c2)n1. The smallest absolute Gasteiger partial charge is 0.349 e. The van der Waals surface area contributed by atoms with Crippen molar-refractivity contribution in [1.82, 2.24) is 15.3 Å². The number of hydrogen-bond donors (Lipinski definition) is 2. The highest BCUT2D eigenvalue weighted by atomic mass is 19.4. The summed E-state index contributed by atoms with van der Waals surface area (Å²) in [6.07, 6.45) is -3.07. The molecule has 1 amide bonds. The van der Waals surface area contributed by atoms with E-state index in [1.807, 2.05) is 0 Å². The lowest BCUT2D eigenvalue weighted by Gasteiger charge is -2.11. The Morgan fingerprint density at radius 3 is 2.61 bits per heavy atom. The number of benzene rings is 1. The molecule has 2 N–H and O–H groups in total. The van der Waals surface area contributed by atoms with Gasteiger partial charge in [0.1, 0.15) is 5.69 Å². The fourth-order valence-corrected chi connectivity index (χ4v) is 1.78. The number of carbonyl (C=O) groups is 1. The number of aromatic nitrogens is 2. The number of alkyl halides is 3. The number of hydrogen-bond acceptors (Lipinski definition) is 4. The highest BCUT2D eigenvalue weighted by Gasteiger charge is 2.30. The van der Waals surface area contributed by atoms with E-state index >= 15 is 0 Å². The van der Waals surface area contributed by atoms with Gasteiger partial charge in [0.15, 0.2) is 0 Å². The van der Waals surface area contributed by atoms with Gasteiger partial charge in [0.2, 0.25) is 5.95 Å². The van der Waals surface area contributed by atoms with Gasteiger partial charge < -0.3 is 10.6 Å². The monoisotopic (exact) mass is 324 g/mol. The molecule has 0 radical (unpaired) electrons. The van der Waals surface area contributed by atoms with Crippen molar-refractivity contribution >= 4 is 17.5 Å². The number of nitrogens with zero attached hydrogens (tertiary/aromatic N) is 2. The van der Waals surface area contributed by atoms with Gasteiger partial charge >= 0.3 is 6.18 Å². The van der Waals surface area contributed by atoms with Gasteiger partial charge in [-0.3, -0.25) is 4.79 Å². The van der Waals surface area contributed by atoms with Crippen molar-refractivity contribution in [3.63, 3.8) is 0 Å². The van der Waals surface area contributed by atoms with E-state index in [1.54, 1.807) is 13.8 Å². The first kappa shape index (κ1) is 16.7. The lowest BCUT2D eigenvalue weighted by atomic mass is 10.2. The minimum atomic E-state index is -4.43. The van der Waals surface area contributed by atoms with E-state index in [0.29, 0.717) is 0 Å². The van der Waals surface area contributed by atoms with Gasteiger partial charge in [-0.2, -0.15) is 13.2 Å². The van der Waals surface area contributed by atoms with Crippen LogP contribution in [0.5, 0.6) is 0 Å². The molecule has 0 aliphatic rings. The lowest BCUT2D eigenvalue weighted by molar-refractivity contribution is -0.137. The minimum Gasteiger partial charge on any atom is -0.349 e. The first-order valence-electron chi connectivity index (χ1n) is 6.84. The van der Waals surface area contributed by atoms with Gasteiger partial charge in [0.05, 0.1) is 5.56 Å². The first-order chi connectivity index (χ1) is 10.8. The molecule has 0 saturated carbocycles. The summed E-state index contributed by atoms with van der Waals surface area (Å²) in [5.41, 5.74) is -0.472. The highest BCUT2D eigenvalue weighted by Crippen LogP contribution is 2.31. The standard InChI is InChI=1S/C15H15F3N4O/c1-9(2)20-13(23)12-6-7-19-14(22-12)21-11-5-3-4-10(8-11)15(16,17)18/h3-9H,1-2H3,(H,20,23)(H,19,21,22). The largest absolute Gasteiger partial charge is 0.416 e. The van der Waals surface area contributed by atoms with Gasteiger partial charge in [-0.15, -0.1) is 0 Å². The molecule has 122 valence electrons. The van der Waals surface area contributed by atoms with Crippen molar-refractivity contribution in [3.8, 4) is 0 Å². The molecular formula is C15H15F3N4O. The third-order valence-electron chi connectivity index (χ3n) is 2.75. The molecule has 2 rings (SSSR count). The lowest BCUT2D eigenvalue weighted by Crippen LogP contribution is -2.30. The fraction of sp³-hybridized carbons (Fsp3) is 0.267. The van der Waals surface area contributed by atoms with Gasteiger partial charge in [-0.05, 0) is 38.1 Å². The Kier molecular flexibility index (Phi) is 4.83. The molecule has 2 aromatic rings. The Balaban J connectivity index is 2.19. The third-order valence-corrected chi connectivity index (χ3v) is 2.75. The fourth-order valence-electron chi connectivity index (χ4n) is 1.78. The molecule has 1 aromatic heterocycles. The van der Waals surface area contributed by atoms with Crippen molar-refractivity contribution in [3.05, 3.63) is 47.8 Å². The van der Waals surface area contributed by atoms with Gasteiger partial charge in [0.25, 0.3) is 5.91 Å². The van der Waals surface area contributed by atoms with Crippen molar-refractivity contribution < 1.29 is 18.0 Å². The van der Waals surface area contributed by atoms with Crippen LogP contribution in [0.15, 0.2) is 36.5 Å². The number of carbonyl (C=O) groups excluding carboxylic acids is 1. The molecule has 0 atom stereocenters. The van der Waals surface area contributed by atoms with E-state index in [0.717, 1.165) is 12.1 Å². The molecule has 23 heavy (non-hydrogen) atoms. The number of rotatable bonds is 4. The van der Waals surface area contributed by atoms with Crippen molar-refractivity contribution in [2.24, 2.45) is 0 Å². The molecule has 0 bridgehead atoms. The average molecular weight is 324 g/mol. The van der Waals surface area contributed by atoms with E-state index in [-0.39, 0.29) is 29.3 Å². The summed E-state index contributed by atoms with van der Waals surface area (Å²) in [4.78, 5) is 19.8. The van der Waals surface area contributed by atoms with Crippen LogP contribution in [0.25, 0.3) is 0 Å². The zero-order valence-electron chi connectivity index (χ0n) is 12.5. The second kappa shape index (κ2) is 6.64. The Morgan fingerprint density at radius 2 is 1.96 bits per heavy atom. The first-order valence-corrected chi connectivity index (χ1v) is 6.84. The van der Waals surface area contributed by atoms with Crippen LogP contribution in [0.3, 0.4) is 0 Å². The molecule has 1 heterocycles. The Bertz CT molecular complexity index is 701. The molecule has 0 fully saturated rings. The van der Waals surface area contributed by atoms with Crippen LogP contribution in [-0.2, 0) is 6.18 Å². The predicted octanol–water partition coefficient (Wildman–Crippen LogP) is 3.38. The number of halogens is 3. The molecule has 0 unspecified atom stereocenters. The maximum atomic E-state index is 12.7. The van der Waals surface area contributed by atoms with Crippen molar-refractivity contribution in [2.45, 2.75) is 26.1 Å². The van der Waals surface area contributed by atoms with E-state index < -0.39 is 11.7 Å². The summed E-state index contributed by atoms with van der Waals surface area (Å²) >= 11 is 0. The number of amides is 1. The second-order valence-corrected chi connectivity index (χ2v) is 5.10. The van der Waals surface area contributed by atoms with E-state index in [2.05, 4.69) is 20.6 Å². The van der Waals surface area contributed by atoms with Crippen LogP contribution in [0.1, 0.15) is 29.9 Å². The van der Waals surface area contributed by atoms with Crippen LogP contribution in [0.4, 0.5) is 24.8 Å². The van der Waals surface area contributed by atoms with Crippen molar-refractivity contribution in [1.29, 1.82) is 0 Å².